The number of likely N-dealkylation sites (N-methyl/N-ethyl adjacent to an activating group) is 1. The van der Waals surface area contributed by atoms with Gasteiger partial charge in [-0.3, -0.25) is 4.90 Å². The number of methoxy groups -OCH3 is 1. The Bertz CT molecular complexity index is 410. The summed E-state index contributed by atoms with van der Waals surface area (Å²) in [5.74, 6) is 0.829. The third-order valence-corrected chi connectivity index (χ3v) is 4.96. The average Bonchev–Trinajstić information content (AvgIpc) is 2.82. The predicted molar refractivity (Wildman–Crippen MR) is 86.7 cm³/mol. The lowest BCUT2D eigenvalue weighted by Gasteiger charge is -2.35. The Morgan fingerprint density at radius 3 is 2.19 bits per heavy atom. The molecule has 1 N–H and O–H groups in total. The van der Waals surface area contributed by atoms with Gasteiger partial charge in [-0.25, -0.2) is 0 Å². The Morgan fingerprint density at radius 2 is 1.67 bits per heavy atom. The summed E-state index contributed by atoms with van der Waals surface area (Å²) in [5.41, 5.74) is 0.962. The van der Waals surface area contributed by atoms with Crippen LogP contribution in [0.3, 0.4) is 0 Å². The first-order valence-corrected chi connectivity index (χ1v) is 8.17. The van der Waals surface area contributed by atoms with Gasteiger partial charge >= 0.3 is 0 Å². The van der Waals surface area contributed by atoms with Crippen LogP contribution in [0.2, 0.25) is 0 Å². The fourth-order valence-electron chi connectivity index (χ4n) is 3.30. The number of hydrogen-bond donors (Lipinski definition) is 1. The van der Waals surface area contributed by atoms with Gasteiger partial charge < -0.3 is 9.84 Å². The van der Waals surface area contributed by atoms with Gasteiger partial charge in [-0.15, -0.1) is 0 Å². The molecule has 0 spiro atoms. The molecule has 118 valence electrons. The first-order valence-electron chi connectivity index (χ1n) is 8.17. The van der Waals surface area contributed by atoms with Crippen molar-refractivity contribution in [3.05, 3.63) is 29.8 Å². The van der Waals surface area contributed by atoms with Crippen LogP contribution in [0.1, 0.15) is 57.1 Å². The molecule has 0 amide bonds. The molecule has 0 saturated heterocycles. The van der Waals surface area contributed by atoms with E-state index in [1.165, 1.54) is 38.5 Å². The van der Waals surface area contributed by atoms with E-state index in [-0.39, 0.29) is 6.04 Å². The second-order valence-corrected chi connectivity index (χ2v) is 6.27. The van der Waals surface area contributed by atoms with Gasteiger partial charge in [-0.2, -0.15) is 0 Å². The highest BCUT2D eigenvalue weighted by atomic mass is 16.5. The molecule has 0 aromatic heterocycles. The van der Waals surface area contributed by atoms with Gasteiger partial charge in [0.2, 0.25) is 0 Å². The van der Waals surface area contributed by atoms with Gasteiger partial charge in [0.05, 0.1) is 13.2 Å². The molecule has 0 bridgehead atoms. The molecule has 2 atom stereocenters. The molecular formula is C18H29NO2. The lowest BCUT2D eigenvalue weighted by Crippen LogP contribution is -2.41. The fourth-order valence-corrected chi connectivity index (χ4v) is 3.30. The van der Waals surface area contributed by atoms with Gasteiger partial charge in [-0.1, -0.05) is 37.8 Å². The van der Waals surface area contributed by atoms with Crippen LogP contribution in [0.15, 0.2) is 24.3 Å². The van der Waals surface area contributed by atoms with Gasteiger partial charge in [-0.05, 0) is 44.5 Å². The predicted octanol–water partition coefficient (Wildman–Crippen LogP) is 3.77. The van der Waals surface area contributed by atoms with E-state index in [2.05, 4.69) is 18.9 Å². The van der Waals surface area contributed by atoms with Crippen LogP contribution in [-0.2, 0) is 0 Å². The highest BCUT2D eigenvalue weighted by Crippen LogP contribution is 2.27. The maximum absolute atomic E-state index is 10.6. The second kappa shape index (κ2) is 7.81. The molecule has 3 nitrogen and oxygen atoms in total. The molecule has 1 aliphatic carbocycles. The van der Waals surface area contributed by atoms with Crippen molar-refractivity contribution in [1.82, 2.24) is 4.90 Å². The molecule has 0 heterocycles. The molecule has 3 heteroatoms. The lowest BCUT2D eigenvalue weighted by molar-refractivity contribution is 0.0449. The zero-order valence-corrected chi connectivity index (χ0v) is 13.6. The highest BCUT2D eigenvalue weighted by Gasteiger charge is 2.26. The summed E-state index contributed by atoms with van der Waals surface area (Å²) >= 11 is 0. The third kappa shape index (κ3) is 4.21. The van der Waals surface area contributed by atoms with E-state index >= 15 is 0 Å². The minimum atomic E-state index is -0.454. The van der Waals surface area contributed by atoms with Crippen molar-refractivity contribution in [1.29, 1.82) is 0 Å². The molecular weight excluding hydrogens is 262 g/mol. The quantitative estimate of drug-likeness (QED) is 0.838. The Kier molecular flexibility index (Phi) is 6.07. The van der Waals surface area contributed by atoms with Gasteiger partial charge in [0.1, 0.15) is 5.75 Å². The third-order valence-electron chi connectivity index (χ3n) is 4.96. The summed E-state index contributed by atoms with van der Waals surface area (Å²) in [4.78, 5) is 2.38. The molecule has 0 aliphatic heterocycles. The topological polar surface area (TPSA) is 32.7 Å². The van der Waals surface area contributed by atoms with Crippen LogP contribution in [0.5, 0.6) is 5.75 Å². The van der Waals surface area contributed by atoms with E-state index in [4.69, 9.17) is 4.74 Å². The number of aliphatic hydroxyl groups is 1. The normalized spacial score (nSPS) is 20.0. The number of ether oxygens (including phenoxy) is 1. The summed E-state index contributed by atoms with van der Waals surface area (Å²) in [6.45, 7) is 2.12. The van der Waals surface area contributed by atoms with E-state index in [0.717, 1.165) is 11.3 Å². The molecule has 1 fully saturated rings. The molecule has 1 aromatic carbocycles. The van der Waals surface area contributed by atoms with E-state index < -0.39 is 6.10 Å². The summed E-state index contributed by atoms with van der Waals surface area (Å²) in [7, 11) is 3.82. The Morgan fingerprint density at radius 1 is 1.10 bits per heavy atom. The minimum Gasteiger partial charge on any atom is -0.497 e. The Balaban J connectivity index is 2.00. The molecule has 2 rings (SSSR count). The lowest BCUT2D eigenvalue weighted by atomic mass is 9.99. The van der Waals surface area contributed by atoms with Crippen molar-refractivity contribution in [3.63, 3.8) is 0 Å². The standard InChI is InChI=1S/C18H29NO2/c1-14(19(2)16-8-6-4-5-7-9-16)18(20)15-10-12-17(21-3)13-11-15/h10-14,16,18,20H,4-9H2,1-3H3. The van der Waals surface area contributed by atoms with Crippen molar-refractivity contribution in [3.8, 4) is 5.75 Å². The minimum absolute atomic E-state index is 0.126. The van der Waals surface area contributed by atoms with Crippen LogP contribution in [0, 0.1) is 0 Å². The molecule has 2 unspecified atom stereocenters. The SMILES string of the molecule is COc1ccc(C(O)C(C)N(C)C2CCCCCC2)cc1. The van der Waals surface area contributed by atoms with Crippen LogP contribution in [0.4, 0.5) is 0 Å². The molecule has 1 saturated carbocycles. The van der Waals surface area contributed by atoms with Gasteiger partial charge in [0, 0.05) is 12.1 Å². The van der Waals surface area contributed by atoms with E-state index in [1.54, 1.807) is 7.11 Å². The zero-order valence-electron chi connectivity index (χ0n) is 13.6. The highest BCUT2D eigenvalue weighted by molar-refractivity contribution is 5.29. The van der Waals surface area contributed by atoms with Crippen LogP contribution in [-0.4, -0.2) is 36.2 Å². The fraction of sp³-hybridized carbons (Fsp3) is 0.667. The van der Waals surface area contributed by atoms with E-state index in [9.17, 15) is 5.11 Å². The molecule has 1 aliphatic rings. The van der Waals surface area contributed by atoms with Crippen molar-refractivity contribution in [2.75, 3.05) is 14.2 Å². The van der Waals surface area contributed by atoms with Crippen LogP contribution < -0.4 is 4.74 Å². The number of aliphatic hydroxyl groups excluding tert-OH is 1. The summed E-state index contributed by atoms with van der Waals surface area (Å²) in [6.07, 6.45) is 7.43. The molecule has 21 heavy (non-hydrogen) atoms. The maximum atomic E-state index is 10.6. The summed E-state index contributed by atoms with van der Waals surface area (Å²) < 4.78 is 5.17. The first kappa shape index (κ1) is 16.3. The van der Waals surface area contributed by atoms with Crippen LogP contribution >= 0.6 is 0 Å². The van der Waals surface area contributed by atoms with Gasteiger partial charge in [0.15, 0.2) is 0 Å². The van der Waals surface area contributed by atoms with Crippen molar-refractivity contribution < 1.29 is 9.84 Å². The van der Waals surface area contributed by atoms with E-state index in [0.29, 0.717) is 6.04 Å². The van der Waals surface area contributed by atoms with Crippen molar-refractivity contribution in [2.24, 2.45) is 0 Å². The number of benzene rings is 1. The smallest absolute Gasteiger partial charge is 0.118 e. The Hall–Kier alpha value is -1.06. The van der Waals surface area contributed by atoms with E-state index in [1.807, 2.05) is 24.3 Å². The maximum Gasteiger partial charge on any atom is 0.118 e. The summed E-state index contributed by atoms with van der Waals surface area (Å²) in [5, 5.41) is 10.6. The zero-order chi connectivity index (χ0) is 15.2. The first-order chi connectivity index (χ1) is 10.1. The van der Waals surface area contributed by atoms with Crippen molar-refractivity contribution in [2.45, 2.75) is 63.6 Å². The Labute approximate surface area is 128 Å². The summed E-state index contributed by atoms with van der Waals surface area (Å²) in [6, 6.07) is 8.48. The molecule has 1 aromatic rings. The number of rotatable bonds is 5. The largest absolute Gasteiger partial charge is 0.497 e. The van der Waals surface area contributed by atoms with Crippen molar-refractivity contribution >= 4 is 0 Å². The molecule has 0 radical (unpaired) electrons. The second-order valence-electron chi connectivity index (χ2n) is 6.27. The van der Waals surface area contributed by atoms with Crippen LogP contribution in [0.25, 0.3) is 0 Å². The monoisotopic (exact) mass is 291 g/mol. The van der Waals surface area contributed by atoms with Gasteiger partial charge in [0.25, 0.3) is 0 Å². The number of hydrogen-bond acceptors (Lipinski definition) is 3. The number of nitrogens with zero attached hydrogens (tertiary/aromatic N) is 1. The average molecular weight is 291 g/mol.